The molecular formula is C21H23N3O3S2. The molecule has 0 saturated carbocycles. The lowest BCUT2D eigenvalue weighted by atomic mass is 10.0. The highest BCUT2D eigenvalue weighted by Crippen LogP contribution is 2.23. The van der Waals surface area contributed by atoms with Crippen LogP contribution in [0.25, 0.3) is 0 Å². The molecule has 0 radical (unpaired) electrons. The van der Waals surface area contributed by atoms with Gasteiger partial charge in [0.1, 0.15) is 0 Å². The van der Waals surface area contributed by atoms with Gasteiger partial charge in [-0.25, -0.2) is 13.4 Å². The Bertz CT molecular complexity index is 1100. The van der Waals surface area contributed by atoms with Crippen LogP contribution in [0.1, 0.15) is 28.8 Å². The molecule has 1 aromatic heterocycles. The summed E-state index contributed by atoms with van der Waals surface area (Å²) in [7, 11) is -3.67. The summed E-state index contributed by atoms with van der Waals surface area (Å²) in [6, 6.07) is 12.2. The zero-order valence-corrected chi connectivity index (χ0v) is 18.2. The van der Waals surface area contributed by atoms with E-state index >= 15 is 0 Å². The Kier molecular flexibility index (Phi) is 6.34. The van der Waals surface area contributed by atoms with Gasteiger partial charge in [-0.15, -0.1) is 11.3 Å². The van der Waals surface area contributed by atoms with Gasteiger partial charge in [0.15, 0.2) is 5.13 Å². The highest BCUT2D eigenvalue weighted by Gasteiger charge is 2.16. The molecule has 2 aromatic carbocycles. The second kappa shape index (κ2) is 8.75. The number of benzene rings is 2. The molecule has 6 nitrogen and oxygen atoms in total. The Labute approximate surface area is 175 Å². The number of sulfonamides is 1. The molecule has 0 saturated heterocycles. The summed E-state index contributed by atoms with van der Waals surface area (Å²) in [5.41, 5.74) is 4.73. The van der Waals surface area contributed by atoms with Crippen LogP contribution in [-0.4, -0.2) is 19.3 Å². The van der Waals surface area contributed by atoms with E-state index in [0.29, 0.717) is 12.1 Å². The molecule has 29 heavy (non-hydrogen) atoms. The molecule has 8 heteroatoms. The van der Waals surface area contributed by atoms with E-state index in [2.05, 4.69) is 15.0 Å². The number of rotatable bonds is 7. The van der Waals surface area contributed by atoms with Gasteiger partial charge in [0, 0.05) is 17.5 Å². The van der Waals surface area contributed by atoms with Crippen molar-refractivity contribution in [3.63, 3.8) is 0 Å². The molecule has 0 bridgehead atoms. The number of aryl methyl sites for hydroxylation is 4. The predicted octanol–water partition coefficient (Wildman–Crippen LogP) is 4.44. The average Bonchev–Trinajstić information content (AvgIpc) is 3.10. The van der Waals surface area contributed by atoms with E-state index in [1.54, 1.807) is 23.6 Å². The molecular weight excluding hydrogens is 406 g/mol. The van der Waals surface area contributed by atoms with E-state index in [0.717, 1.165) is 22.4 Å². The summed E-state index contributed by atoms with van der Waals surface area (Å²) in [5.74, 6) is -0.0977. The van der Waals surface area contributed by atoms with Crippen LogP contribution in [0.15, 0.2) is 52.7 Å². The van der Waals surface area contributed by atoms with Crippen LogP contribution < -0.4 is 10.0 Å². The van der Waals surface area contributed by atoms with Crippen LogP contribution in [0.2, 0.25) is 0 Å². The Morgan fingerprint density at radius 1 is 1.07 bits per heavy atom. The number of amides is 1. The number of carbonyl (C=O) groups excluding carboxylic acids is 1. The van der Waals surface area contributed by atoms with Crippen LogP contribution in [0.4, 0.5) is 10.8 Å². The topological polar surface area (TPSA) is 88.2 Å². The maximum atomic E-state index is 12.4. The number of anilines is 2. The van der Waals surface area contributed by atoms with Crippen molar-refractivity contribution in [2.75, 3.05) is 10.0 Å². The number of carbonyl (C=O) groups is 1. The third kappa shape index (κ3) is 5.42. The minimum absolute atomic E-state index is 0.0977. The van der Waals surface area contributed by atoms with Gasteiger partial charge in [-0.2, -0.15) is 0 Å². The molecule has 3 rings (SSSR count). The predicted molar refractivity (Wildman–Crippen MR) is 117 cm³/mol. The van der Waals surface area contributed by atoms with Crippen LogP contribution in [0.5, 0.6) is 0 Å². The number of thiazole rings is 1. The van der Waals surface area contributed by atoms with Crippen molar-refractivity contribution in [2.45, 2.75) is 38.5 Å². The lowest BCUT2D eigenvalue weighted by molar-refractivity contribution is -0.116. The maximum absolute atomic E-state index is 12.4. The molecule has 0 fully saturated rings. The van der Waals surface area contributed by atoms with Gasteiger partial charge in [0.25, 0.3) is 10.0 Å². The monoisotopic (exact) mass is 429 g/mol. The summed E-state index contributed by atoms with van der Waals surface area (Å²) < 4.78 is 27.2. The first kappa shape index (κ1) is 21.0. The third-order valence-electron chi connectivity index (χ3n) is 4.38. The summed E-state index contributed by atoms with van der Waals surface area (Å²) in [6.45, 7) is 5.97. The molecule has 152 valence electrons. The first-order valence-electron chi connectivity index (χ1n) is 9.14. The fourth-order valence-electron chi connectivity index (χ4n) is 3.06. The molecule has 0 aliphatic heterocycles. The Morgan fingerprint density at radius 2 is 1.72 bits per heavy atom. The normalized spacial score (nSPS) is 11.3. The SMILES string of the molecule is Cc1cc(C)c(NC(=O)CCc2csc(NS(=O)(=O)c3ccccc3)n2)c(C)c1. The van der Waals surface area contributed by atoms with Crippen molar-refractivity contribution in [3.05, 3.63) is 70.2 Å². The van der Waals surface area contributed by atoms with E-state index in [4.69, 9.17) is 0 Å². The van der Waals surface area contributed by atoms with Gasteiger partial charge in [-0.05, 0) is 50.5 Å². The summed E-state index contributed by atoms with van der Waals surface area (Å²) in [5, 5.41) is 5.02. The molecule has 0 spiro atoms. The van der Waals surface area contributed by atoms with Crippen molar-refractivity contribution in [1.82, 2.24) is 4.98 Å². The largest absolute Gasteiger partial charge is 0.326 e. The molecule has 0 atom stereocenters. The minimum atomic E-state index is -3.67. The quantitative estimate of drug-likeness (QED) is 0.581. The average molecular weight is 430 g/mol. The molecule has 3 aromatic rings. The number of aromatic nitrogens is 1. The van der Waals surface area contributed by atoms with E-state index < -0.39 is 10.0 Å². The second-order valence-electron chi connectivity index (χ2n) is 6.88. The lowest BCUT2D eigenvalue weighted by Crippen LogP contribution is -2.14. The third-order valence-corrected chi connectivity index (χ3v) is 6.67. The lowest BCUT2D eigenvalue weighted by Gasteiger charge is -2.12. The van der Waals surface area contributed by atoms with Crippen molar-refractivity contribution >= 4 is 38.1 Å². The zero-order chi connectivity index (χ0) is 21.0. The Hall–Kier alpha value is -2.71. The maximum Gasteiger partial charge on any atom is 0.263 e. The second-order valence-corrected chi connectivity index (χ2v) is 9.42. The van der Waals surface area contributed by atoms with Crippen molar-refractivity contribution in [1.29, 1.82) is 0 Å². The van der Waals surface area contributed by atoms with E-state index in [1.807, 2.05) is 32.9 Å². The Balaban J connectivity index is 1.59. The van der Waals surface area contributed by atoms with Crippen molar-refractivity contribution < 1.29 is 13.2 Å². The fourth-order valence-corrected chi connectivity index (χ4v) is 5.08. The smallest absolute Gasteiger partial charge is 0.263 e. The van der Waals surface area contributed by atoms with E-state index in [-0.39, 0.29) is 22.4 Å². The minimum Gasteiger partial charge on any atom is -0.326 e. The summed E-state index contributed by atoms with van der Waals surface area (Å²) in [4.78, 5) is 16.8. The number of hydrogen-bond acceptors (Lipinski definition) is 5. The van der Waals surface area contributed by atoms with Crippen molar-refractivity contribution in [3.8, 4) is 0 Å². The molecule has 2 N–H and O–H groups in total. The number of nitrogens with one attached hydrogen (secondary N) is 2. The van der Waals surface area contributed by atoms with Crippen LogP contribution in [0, 0.1) is 20.8 Å². The number of nitrogens with zero attached hydrogens (tertiary/aromatic N) is 1. The van der Waals surface area contributed by atoms with Gasteiger partial charge in [0.05, 0.1) is 10.6 Å². The zero-order valence-electron chi connectivity index (χ0n) is 16.5. The Morgan fingerprint density at radius 3 is 2.38 bits per heavy atom. The van der Waals surface area contributed by atoms with E-state index in [9.17, 15) is 13.2 Å². The molecule has 0 aliphatic rings. The van der Waals surface area contributed by atoms with Gasteiger partial charge in [0.2, 0.25) is 5.91 Å². The molecule has 1 heterocycles. The number of hydrogen-bond donors (Lipinski definition) is 2. The molecule has 0 aliphatic carbocycles. The fraction of sp³-hybridized carbons (Fsp3) is 0.238. The standard InChI is InChI=1S/C21H23N3O3S2/c1-14-11-15(2)20(16(3)12-14)23-19(25)10-9-17-13-28-21(22-17)24-29(26,27)18-7-5-4-6-8-18/h4-8,11-13H,9-10H2,1-3H3,(H,22,24)(H,23,25). The summed E-state index contributed by atoms with van der Waals surface area (Å²) >= 11 is 1.20. The van der Waals surface area contributed by atoms with Crippen molar-refractivity contribution in [2.24, 2.45) is 0 Å². The van der Waals surface area contributed by atoms with Gasteiger partial charge < -0.3 is 5.32 Å². The van der Waals surface area contributed by atoms with Gasteiger partial charge >= 0.3 is 0 Å². The van der Waals surface area contributed by atoms with Gasteiger partial charge in [-0.1, -0.05) is 35.9 Å². The first-order valence-corrected chi connectivity index (χ1v) is 11.5. The first-order chi connectivity index (χ1) is 13.7. The summed E-state index contributed by atoms with van der Waals surface area (Å²) in [6.07, 6.45) is 0.695. The van der Waals surface area contributed by atoms with Crippen LogP contribution in [0.3, 0.4) is 0 Å². The van der Waals surface area contributed by atoms with Gasteiger partial charge in [-0.3, -0.25) is 9.52 Å². The molecule has 1 amide bonds. The van der Waals surface area contributed by atoms with Crippen LogP contribution in [-0.2, 0) is 21.2 Å². The van der Waals surface area contributed by atoms with Crippen LogP contribution >= 0.6 is 11.3 Å². The molecule has 0 unspecified atom stereocenters. The highest BCUT2D eigenvalue weighted by atomic mass is 32.2. The highest BCUT2D eigenvalue weighted by molar-refractivity contribution is 7.93. The van der Waals surface area contributed by atoms with E-state index in [1.165, 1.54) is 23.5 Å².